The Morgan fingerprint density at radius 3 is 2.75 bits per heavy atom. The molecule has 1 aliphatic carbocycles. The minimum Gasteiger partial charge on any atom is -0.382 e. The topological polar surface area (TPSA) is 37.3 Å². The zero-order valence-corrected chi connectivity index (χ0v) is 6.87. The van der Waals surface area contributed by atoms with Gasteiger partial charge in [0, 0.05) is 12.0 Å². The fraction of sp³-hybridized carbons (Fsp3) is 0.300. The summed E-state index contributed by atoms with van der Waals surface area (Å²) in [6, 6.07) is 7.35. The Morgan fingerprint density at radius 2 is 2.08 bits per heavy atom. The molecule has 0 bridgehead atoms. The van der Waals surface area contributed by atoms with Gasteiger partial charge in [-0.25, -0.2) is 0 Å². The lowest BCUT2D eigenvalue weighted by molar-refractivity contribution is 0.0461. The third-order valence-corrected chi connectivity index (χ3v) is 2.29. The molecule has 0 saturated heterocycles. The number of carbonyl (C=O) groups excluding carboxylic acids is 1. The van der Waals surface area contributed by atoms with Gasteiger partial charge >= 0.3 is 0 Å². The zero-order valence-electron chi connectivity index (χ0n) is 6.87. The first-order chi connectivity index (χ1) is 5.61. The summed E-state index contributed by atoms with van der Waals surface area (Å²) in [7, 11) is 0. The predicted octanol–water partition coefficient (Wildman–Crippen LogP) is 1.18. The summed E-state index contributed by atoms with van der Waals surface area (Å²) in [5, 5.41) is 9.63. The Hall–Kier alpha value is -1.15. The largest absolute Gasteiger partial charge is 0.382 e. The minimum atomic E-state index is -1.18. The molecule has 2 heteroatoms. The summed E-state index contributed by atoms with van der Waals surface area (Å²) in [5.74, 6) is -0.155. The summed E-state index contributed by atoms with van der Waals surface area (Å²) in [6.07, 6.45) is 0.446. The maximum absolute atomic E-state index is 11.5. The van der Waals surface area contributed by atoms with Crippen LogP contribution in [0.3, 0.4) is 0 Å². The molecule has 0 heterocycles. The summed E-state index contributed by atoms with van der Waals surface area (Å²) in [6.45, 7) is 1.56. The van der Waals surface area contributed by atoms with Crippen molar-refractivity contribution in [3.63, 3.8) is 0 Å². The van der Waals surface area contributed by atoms with Crippen molar-refractivity contribution in [1.29, 1.82) is 0 Å². The molecule has 2 rings (SSSR count). The number of fused-ring (bicyclic) bond motifs is 1. The first-order valence-electron chi connectivity index (χ1n) is 3.96. The fourth-order valence-electron chi connectivity index (χ4n) is 1.64. The molecule has 1 aromatic rings. The summed E-state index contributed by atoms with van der Waals surface area (Å²) in [5.41, 5.74) is 0.443. The van der Waals surface area contributed by atoms with Crippen molar-refractivity contribution in [2.45, 2.75) is 18.9 Å². The summed E-state index contributed by atoms with van der Waals surface area (Å²) in [4.78, 5) is 11.5. The van der Waals surface area contributed by atoms with Gasteiger partial charge in [0.1, 0.15) is 5.60 Å². The van der Waals surface area contributed by atoms with Crippen LogP contribution in [0, 0.1) is 0 Å². The van der Waals surface area contributed by atoms with Gasteiger partial charge < -0.3 is 5.11 Å². The monoisotopic (exact) mass is 162 g/mol. The smallest absolute Gasteiger partial charge is 0.194 e. The van der Waals surface area contributed by atoms with Crippen molar-refractivity contribution in [3.8, 4) is 0 Å². The first-order valence-corrected chi connectivity index (χ1v) is 3.96. The van der Waals surface area contributed by atoms with E-state index in [1.165, 1.54) is 0 Å². The third kappa shape index (κ3) is 0.883. The Bertz CT molecular complexity index is 339. The highest BCUT2D eigenvalue weighted by atomic mass is 16.3. The van der Waals surface area contributed by atoms with Gasteiger partial charge in [-0.3, -0.25) is 4.79 Å². The standard InChI is InChI=1S/C10H10O2/c1-10(12)6-7-4-2-3-5-8(7)9(10)11/h2-5,12H,6H2,1H3/t10-/m0/s1. The average Bonchev–Trinajstić information content (AvgIpc) is 2.24. The highest BCUT2D eigenvalue weighted by molar-refractivity contribution is 6.06. The van der Waals surface area contributed by atoms with Crippen LogP contribution >= 0.6 is 0 Å². The van der Waals surface area contributed by atoms with Crippen molar-refractivity contribution in [2.24, 2.45) is 0 Å². The Kier molecular flexibility index (Phi) is 1.36. The van der Waals surface area contributed by atoms with Gasteiger partial charge in [-0.1, -0.05) is 24.3 Å². The second-order valence-corrected chi connectivity index (χ2v) is 3.44. The van der Waals surface area contributed by atoms with E-state index in [1.807, 2.05) is 18.2 Å². The molecule has 0 radical (unpaired) electrons. The van der Waals surface area contributed by atoms with Crippen LogP contribution < -0.4 is 0 Å². The van der Waals surface area contributed by atoms with Gasteiger partial charge in [-0.2, -0.15) is 0 Å². The number of aliphatic hydroxyl groups is 1. The van der Waals surface area contributed by atoms with Gasteiger partial charge in [0.25, 0.3) is 0 Å². The minimum absolute atomic E-state index is 0.155. The highest BCUT2D eigenvalue weighted by Crippen LogP contribution is 2.28. The van der Waals surface area contributed by atoms with E-state index in [1.54, 1.807) is 13.0 Å². The molecule has 1 aliphatic rings. The lowest BCUT2D eigenvalue weighted by Gasteiger charge is -2.11. The van der Waals surface area contributed by atoms with E-state index in [-0.39, 0.29) is 5.78 Å². The lowest BCUT2D eigenvalue weighted by atomic mass is 10.0. The number of benzene rings is 1. The molecule has 12 heavy (non-hydrogen) atoms. The molecule has 0 aliphatic heterocycles. The molecular weight excluding hydrogens is 152 g/mol. The van der Waals surface area contributed by atoms with E-state index in [0.29, 0.717) is 12.0 Å². The van der Waals surface area contributed by atoms with E-state index < -0.39 is 5.60 Å². The van der Waals surface area contributed by atoms with Crippen LogP contribution in [-0.4, -0.2) is 16.5 Å². The number of carbonyl (C=O) groups is 1. The van der Waals surface area contributed by atoms with Crippen LogP contribution in [0.1, 0.15) is 22.8 Å². The van der Waals surface area contributed by atoms with Crippen LogP contribution in [0.5, 0.6) is 0 Å². The van der Waals surface area contributed by atoms with Crippen LogP contribution in [0.15, 0.2) is 24.3 Å². The molecule has 0 aromatic heterocycles. The highest BCUT2D eigenvalue weighted by Gasteiger charge is 2.39. The Balaban J connectivity index is 2.57. The maximum Gasteiger partial charge on any atom is 0.194 e. The third-order valence-electron chi connectivity index (χ3n) is 2.29. The number of hydrogen-bond acceptors (Lipinski definition) is 2. The zero-order chi connectivity index (χ0) is 8.77. The summed E-state index contributed by atoms with van der Waals surface area (Å²) >= 11 is 0. The predicted molar refractivity (Wildman–Crippen MR) is 45.1 cm³/mol. The lowest BCUT2D eigenvalue weighted by Crippen LogP contribution is -2.31. The van der Waals surface area contributed by atoms with Crippen LogP contribution in [0.2, 0.25) is 0 Å². The fourth-order valence-corrected chi connectivity index (χ4v) is 1.64. The average molecular weight is 162 g/mol. The number of hydrogen-bond donors (Lipinski definition) is 1. The maximum atomic E-state index is 11.5. The van der Waals surface area contributed by atoms with Gasteiger partial charge in [0.15, 0.2) is 5.78 Å². The normalized spacial score (nSPS) is 27.3. The van der Waals surface area contributed by atoms with Crippen molar-refractivity contribution in [3.05, 3.63) is 35.4 Å². The van der Waals surface area contributed by atoms with Crippen LogP contribution in [0.25, 0.3) is 0 Å². The number of ketones is 1. The van der Waals surface area contributed by atoms with E-state index >= 15 is 0 Å². The van der Waals surface area contributed by atoms with E-state index in [2.05, 4.69) is 0 Å². The first kappa shape index (κ1) is 7.50. The SMILES string of the molecule is C[C@]1(O)Cc2ccccc2C1=O. The molecule has 2 nitrogen and oxygen atoms in total. The molecule has 0 spiro atoms. The second kappa shape index (κ2) is 2.17. The van der Waals surface area contributed by atoms with Gasteiger partial charge in [-0.15, -0.1) is 0 Å². The molecule has 1 atom stereocenters. The van der Waals surface area contributed by atoms with E-state index in [9.17, 15) is 9.90 Å². The van der Waals surface area contributed by atoms with Gasteiger partial charge in [-0.05, 0) is 12.5 Å². The van der Waals surface area contributed by atoms with Crippen molar-refractivity contribution in [2.75, 3.05) is 0 Å². The van der Waals surface area contributed by atoms with Gasteiger partial charge in [0.2, 0.25) is 0 Å². The molecular formula is C10H10O2. The number of rotatable bonds is 0. The molecule has 0 unspecified atom stereocenters. The van der Waals surface area contributed by atoms with Crippen molar-refractivity contribution in [1.82, 2.24) is 0 Å². The molecule has 0 amide bonds. The molecule has 0 fully saturated rings. The Labute approximate surface area is 70.8 Å². The number of Topliss-reactive ketones (excluding diaryl/α,β-unsaturated/α-hetero) is 1. The van der Waals surface area contributed by atoms with Crippen LogP contribution in [-0.2, 0) is 6.42 Å². The molecule has 0 saturated carbocycles. The molecule has 1 N–H and O–H groups in total. The molecule has 1 aromatic carbocycles. The summed E-state index contributed by atoms with van der Waals surface area (Å²) < 4.78 is 0. The second-order valence-electron chi connectivity index (χ2n) is 3.44. The molecule has 62 valence electrons. The van der Waals surface area contributed by atoms with Crippen LogP contribution in [0.4, 0.5) is 0 Å². The van der Waals surface area contributed by atoms with Crippen molar-refractivity contribution >= 4 is 5.78 Å². The van der Waals surface area contributed by atoms with Gasteiger partial charge in [0.05, 0.1) is 0 Å². The van der Waals surface area contributed by atoms with E-state index in [0.717, 1.165) is 5.56 Å². The Morgan fingerprint density at radius 1 is 1.42 bits per heavy atom. The quantitative estimate of drug-likeness (QED) is 0.622. The van der Waals surface area contributed by atoms with Crippen molar-refractivity contribution < 1.29 is 9.90 Å². The van der Waals surface area contributed by atoms with E-state index in [4.69, 9.17) is 0 Å².